The first-order valence-electron chi connectivity index (χ1n) is 6.04. The molecule has 3 nitrogen and oxygen atoms in total. The fraction of sp³-hybridized carbons (Fsp3) is 0.0667. The summed E-state index contributed by atoms with van der Waals surface area (Å²) in [7, 11) is 0. The summed E-state index contributed by atoms with van der Waals surface area (Å²) in [5, 5.41) is 0.775. The summed E-state index contributed by atoms with van der Waals surface area (Å²) in [5.74, 6) is 0.507. The van der Waals surface area contributed by atoms with E-state index in [0.717, 1.165) is 20.9 Å². The Hall–Kier alpha value is -2.01. The van der Waals surface area contributed by atoms with Crippen molar-refractivity contribution in [1.82, 2.24) is 9.97 Å². The van der Waals surface area contributed by atoms with Gasteiger partial charge in [-0.15, -0.1) is 0 Å². The molecule has 3 rings (SSSR count). The van der Waals surface area contributed by atoms with Crippen LogP contribution in [0.4, 0.5) is 10.2 Å². The lowest BCUT2D eigenvalue weighted by molar-refractivity contribution is 0.628. The molecule has 0 amide bonds. The van der Waals surface area contributed by atoms with Crippen molar-refractivity contribution < 1.29 is 4.39 Å². The normalized spacial score (nSPS) is 10.9. The van der Waals surface area contributed by atoms with Crippen LogP contribution in [0.2, 0.25) is 0 Å². The van der Waals surface area contributed by atoms with Crippen LogP contribution < -0.4 is 5.73 Å². The van der Waals surface area contributed by atoms with Gasteiger partial charge < -0.3 is 5.73 Å². The van der Waals surface area contributed by atoms with E-state index < -0.39 is 0 Å². The van der Waals surface area contributed by atoms with E-state index in [1.807, 2.05) is 25.1 Å². The second-order valence-corrected chi connectivity index (χ2v) is 5.47. The molecular formula is C15H11BrFN3. The average molecular weight is 332 g/mol. The van der Waals surface area contributed by atoms with Gasteiger partial charge in [0.2, 0.25) is 0 Å². The monoisotopic (exact) mass is 331 g/mol. The van der Waals surface area contributed by atoms with Crippen molar-refractivity contribution in [2.24, 2.45) is 0 Å². The van der Waals surface area contributed by atoms with Crippen molar-refractivity contribution in [3.63, 3.8) is 0 Å². The van der Waals surface area contributed by atoms with Gasteiger partial charge in [0.05, 0.1) is 5.52 Å². The molecule has 0 aliphatic heterocycles. The van der Waals surface area contributed by atoms with Gasteiger partial charge in [0.15, 0.2) is 5.82 Å². The molecule has 2 N–H and O–H groups in total. The highest BCUT2D eigenvalue weighted by atomic mass is 79.9. The third-order valence-electron chi connectivity index (χ3n) is 3.13. The summed E-state index contributed by atoms with van der Waals surface area (Å²) in [5.41, 5.74) is 8.28. The Labute approximate surface area is 123 Å². The molecule has 20 heavy (non-hydrogen) atoms. The number of nitrogens with zero attached hydrogens (tertiary/aromatic N) is 2. The molecule has 5 heteroatoms. The van der Waals surface area contributed by atoms with Gasteiger partial charge in [-0.05, 0) is 42.8 Å². The first kappa shape index (κ1) is 13.0. The van der Waals surface area contributed by atoms with Crippen LogP contribution in [0.1, 0.15) is 5.56 Å². The van der Waals surface area contributed by atoms with Gasteiger partial charge in [-0.2, -0.15) is 0 Å². The number of rotatable bonds is 1. The van der Waals surface area contributed by atoms with E-state index in [9.17, 15) is 4.39 Å². The molecule has 2 aromatic carbocycles. The summed E-state index contributed by atoms with van der Waals surface area (Å²) in [6.45, 7) is 1.89. The lowest BCUT2D eigenvalue weighted by Gasteiger charge is -2.08. The minimum absolute atomic E-state index is 0.316. The molecule has 0 aliphatic rings. The van der Waals surface area contributed by atoms with E-state index >= 15 is 0 Å². The molecule has 0 aliphatic carbocycles. The van der Waals surface area contributed by atoms with Crippen LogP contribution in [0.3, 0.4) is 0 Å². The number of hydrogen-bond acceptors (Lipinski definition) is 3. The Morgan fingerprint density at radius 2 is 1.90 bits per heavy atom. The number of aromatic nitrogens is 2. The Kier molecular flexibility index (Phi) is 3.14. The second-order valence-electron chi connectivity index (χ2n) is 4.55. The predicted octanol–water partition coefficient (Wildman–Crippen LogP) is 4.09. The van der Waals surface area contributed by atoms with Gasteiger partial charge in [-0.3, -0.25) is 0 Å². The zero-order valence-corrected chi connectivity index (χ0v) is 12.3. The van der Waals surface area contributed by atoms with Crippen molar-refractivity contribution in [3.8, 4) is 11.4 Å². The van der Waals surface area contributed by atoms with E-state index in [1.54, 1.807) is 6.07 Å². The average Bonchev–Trinajstić information content (AvgIpc) is 2.42. The largest absolute Gasteiger partial charge is 0.383 e. The molecule has 1 aromatic heterocycles. The van der Waals surface area contributed by atoms with E-state index in [1.165, 1.54) is 12.1 Å². The summed E-state index contributed by atoms with van der Waals surface area (Å²) in [6.07, 6.45) is 0. The number of nitrogen functional groups attached to an aromatic ring is 1. The zero-order chi connectivity index (χ0) is 14.3. The fourth-order valence-electron chi connectivity index (χ4n) is 2.08. The maximum atomic E-state index is 13.4. The highest BCUT2D eigenvalue weighted by Crippen LogP contribution is 2.27. The molecule has 0 saturated heterocycles. The van der Waals surface area contributed by atoms with Gasteiger partial charge in [-0.1, -0.05) is 22.0 Å². The van der Waals surface area contributed by atoms with E-state index in [-0.39, 0.29) is 5.82 Å². The quantitative estimate of drug-likeness (QED) is 0.730. The molecule has 0 fully saturated rings. The smallest absolute Gasteiger partial charge is 0.162 e. The van der Waals surface area contributed by atoms with Crippen LogP contribution in [-0.2, 0) is 0 Å². The van der Waals surface area contributed by atoms with E-state index in [4.69, 9.17) is 5.73 Å². The third-order valence-corrected chi connectivity index (χ3v) is 3.62. The molecule has 100 valence electrons. The van der Waals surface area contributed by atoms with Crippen molar-refractivity contribution in [2.75, 3.05) is 5.73 Å². The standard InChI is InChI=1S/C15H11BrFN3/c1-8-2-4-10(17)7-11(8)15-19-13-5-3-9(16)6-12(13)14(18)20-15/h2-7H,1H3,(H2,18,19,20). The maximum absolute atomic E-state index is 13.4. The Morgan fingerprint density at radius 3 is 2.70 bits per heavy atom. The molecule has 0 radical (unpaired) electrons. The van der Waals surface area contributed by atoms with Crippen molar-refractivity contribution in [2.45, 2.75) is 6.92 Å². The van der Waals surface area contributed by atoms with Crippen LogP contribution in [0.5, 0.6) is 0 Å². The number of halogens is 2. The lowest BCUT2D eigenvalue weighted by Crippen LogP contribution is -1.99. The highest BCUT2D eigenvalue weighted by Gasteiger charge is 2.10. The molecule has 3 aromatic rings. The van der Waals surface area contributed by atoms with Crippen LogP contribution in [0.15, 0.2) is 40.9 Å². The predicted molar refractivity (Wildman–Crippen MR) is 81.8 cm³/mol. The maximum Gasteiger partial charge on any atom is 0.162 e. The van der Waals surface area contributed by atoms with Crippen molar-refractivity contribution >= 4 is 32.7 Å². The summed E-state index contributed by atoms with van der Waals surface area (Å²) < 4.78 is 14.3. The number of fused-ring (bicyclic) bond motifs is 1. The number of anilines is 1. The summed E-state index contributed by atoms with van der Waals surface area (Å²) in [4.78, 5) is 8.76. The fourth-order valence-corrected chi connectivity index (χ4v) is 2.44. The van der Waals surface area contributed by atoms with Crippen molar-refractivity contribution in [1.29, 1.82) is 0 Å². The molecular weight excluding hydrogens is 321 g/mol. The molecule has 0 atom stereocenters. The SMILES string of the molecule is Cc1ccc(F)cc1-c1nc(N)c2cc(Br)ccc2n1. The van der Waals surface area contributed by atoms with Gasteiger partial charge in [0, 0.05) is 15.4 Å². The van der Waals surface area contributed by atoms with Crippen LogP contribution >= 0.6 is 15.9 Å². The second kappa shape index (κ2) is 4.83. The molecule has 1 heterocycles. The van der Waals surface area contributed by atoms with Gasteiger partial charge >= 0.3 is 0 Å². The van der Waals surface area contributed by atoms with Gasteiger partial charge in [0.25, 0.3) is 0 Å². The molecule has 0 spiro atoms. The minimum atomic E-state index is -0.316. The van der Waals surface area contributed by atoms with Crippen molar-refractivity contribution in [3.05, 3.63) is 52.3 Å². The Bertz CT molecular complexity index is 818. The number of benzene rings is 2. The molecule has 0 saturated carbocycles. The van der Waals surface area contributed by atoms with Crippen LogP contribution in [0.25, 0.3) is 22.3 Å². The van der Waals surface area contributed by atoms with Gasteiger partial charge in [0.1, 0.15) is 11.6 Å². The van der Waals surface area contributed by atoms with E-state index in [0.29, 0.717) is 17.2 Å². The number of nitrogens with two attached hydrogens (primary N) is 1. The number of aryl methyl sites for hydroxylation is 1. The van der Waals surface area contributed by atoms with Crippen LogP contribution in [0, 0.1) is 12.7 Å². The number of hydrogen-bond donors (Lipinski definition) is 1. The third kappa shape index (κ3) is 2.25. The topological polar surface area (TPSA) is 51.8 Å². The molecule has 0 bridgehead atoms. The Balaban J connectivity index is 2.27. The lowest BCUT2D eigenvalue weighted by atomic mass is 10.1. The summed E-state index contributed by atoms with van der Waals surface area (Å²) in [6, 6.07) is 10.2. The van der Waals surface area contributed by atoms with Crippen LogP contribution in [-0.4, -0.2) is 9.97 Å². The summed E-state index contributed by atoms with van der Waals surface area (Å²) >= 11 is 3.39. The first-order chi connectivity index (χ1) is 9.54. The van der Waals surface area contributed by atoms with Gasteiger partial charge in [-0.25, -0.2) is 14.4 Å². The first-order valence-corrected chi connectivity index (χ1v) is 6.83. The highest BCUT2D eigenvalue weighted by molar-refractivity contribution is 9.10. The minimum Gasteiger partial charge on any atom is -0.383 e. The zero-order valence-electron chi connectivity index (χ0n) is 10.7. The molecule has 0 unspecified atom stereocenters. The Morgan fingerprint density at radius 1 is 1.10 bits per heavy atom. The van der Waals surface area contributed by atoms with E-state index in [2.05, 4.69) is 25.9 Å².